The first-order chi connectivity index (χ1) is 15.5. The fourth-order valence-electron chi connectivity index (χ4n) is 3.63. The van der Waals surface area contributed by atoms with Gasteiger partial charge in [0.2, 0.25) is 5.91 Å². The first kappa shape index (κ1) is 21.8. The molecular weight excluding hydrogens is 429 g/mol. The van der Waals surface area contributed by atoms with Crippen LogP contribution >= 0.6 is 11.8 Å². The summed E-state index contributed by atoms with van der Waals surface area (Å²) in [7, 11) is 1.78. The van der Waals surface area contributed by atoms with E-state index >= 15 is 0 Å². The monoisotopic (exact) mass is 451 g/mol. The second-order valence-electron chi connectivity index (χ2n) is 7.41. The third-order valence-corrected chi connectivity index (χ3v) is 6.26. The van der Waals surface area contributed by atoms with E-state index in [2.05, 4.69) is 16.9 Å². The molecule has 1 aliphatic heterocycles. The van der Waals surface area contributed by atoms with Crippen molar-refractivity contribution >= 4 is 23.5 Å². The summed E-state index contributed by atoms with van der Waals surface area (Å²) in [5, 5.41) is 3.36. The number of benzene rings is 2. The average Bonchev–Trinajstić information content (AvgIpc) is 2.80. The van der Waals surface area contributed by atoms with Crippen LogP contribution in [0.25, 0.3) is 0 Å². The van der Waals surface area contributed by atoms with Crippen LogP contribution in [0.5, 0.6) is 5.75 Å². The van der Waals surface area contributed by atoms with Gasteiger partial charge in [-0.15, -0.1) is 6.58 Å². The molecule has 0 spiro atoms. The van der Waals surface area contributed by atoms with Crippen LogP contribution < -0.4 is 15.6 Å². The Morgan fingerprint density at radius 2 is 1.94 bits per heavy atom. The Morgan fingerprint density at radius 1 is 1.22 bits per heavy atom. The zero-order valence-electron chi connectivity index (χ0n) is 17.5. The molecule has 2 aromatic carbocycles. The molecule has 0 fully saturated rings. The SMILES string of the molecule is C=CCSc1nc(=O)c2c(n1C)NC(=O)C[C@@H]2c1ccc(OCc2ccc(F)cc2)cc1. The zero-order chi connectivity index (χ0) is 22.7. The van der Waals surface area contributed by atoms with Crippen LogP contribution in [-0.2, 0) is 18.4 Å². The molecule has 1 aromatic heterocycles. The summed E-state index contributed by atoms with van der Waals surface area (Å²) in [6.45, 7) is 4.00. The lowest BCUT2D eigenvalue weighted by Crippen LogP contribution is -2.33. The number of nitrogens with one attached hydrogen (secondary N) is 1. The molecule has 3 aromatic rings. The van der Waals surface area contributed by atoms with Gasteiger partial charge >= 0.3 is 0 Å². The quantitative estimate of drug-likeness (QED) is 0.330. The molecule has 1 aliphatic rings. The van der Waals surface area contributed by atoms with E-state index in [9.17, 15) is 14.0 Å². The molecule has 0 aliphatic carbocycles. The summed E-state index contributed by atoms with van der Waals surface area (Å²) < 4.78 is 20.5. The lowest BCUT2D eigenvalue weighted by molar-refractivity contribution is -0.116. The van der Waals surface area contributed by atoms with Gasteiger partial charge in [-0.25, -0.2) is 4.39 Å². The van der Waals surface area contributed by atoms with Crippen LogP contribution in [0.3, 0.4) is 0 Å². The second kappa shape index (κ2) is 9.40. The summed E-state index contributed by atoms with van der Waals surface area (Å²) in [6.07, 6.45) is 1.90. The number of hydrogen-bond acceptors (Lipinski definition) is 5. The standard InChI is InChI=1S/C24H22FN3O3S/c1-3-12-32-24-27-23(30)21-19(13-20(29)26-22(21)28(24)2)16-6-10-18(11-7-16)31-14-15-4-8-17(25)9-5-15/h3-11,19H,1,12-14H2,2H3,(H,26,29)/t19-/m1/s1. The number of ether oxygens (including phenoxy) is 1. The van der Waals surface area contributed by atoms with E-state index < -0.39 is 5.92 Å². The highest BCUT2D eigenvalue weighted by Crippen LogP contribution is 2.36. The molecule has 0 radical (unpaired) electrons. The Bertz CT molecular complexity index is 1210. The Kier molecular flexibility index (Phi) is 6.41. The summed E-state index contributed by atoms with van der Waals surface area (Å²) >= 11 is 1.38. The maximum Gasteiger partial charge on any atom is 0.279 e. The number of rotatable bonds is 7. The van der Waals surface area contributed by atoms with Gasteiger partial charge < -0.3 is 14.6 Å². The third-order valence-electron chi connectivity index (χ3n) is 5.23. The number of thioether (sulfide) groups is 1. The number of halogens is 1. The van der Waals surface area contributed by atoms with Gasteiger partial charge in [0.05, 0.1) is 5.56 Å². The van der Waals surface area contributed by atoms with Crippen LogP contribution in [0.15, 0.2) is 71.1 Å². The molecule has 2 heterocycles. The minimum atomic E-state index is -0.394. The topological polar surface area (TPSA) is 73.2 Å². The van der Waals surface area contributed by atoms with Crippen LogP contribution in [0.2, 0.25) is 0 Å². The van der Waals surface area contributed by atoms with Gasteiger partial charge in [-0.3, -0.25) is 9.59 Å². The highest BCUT2D eigenvalue weighted by Gasteiger charge is 2.32. The highest BCUT2D eigenvalue weighted by molar-refractivity contribution is 7.99. The number of aromatic nitrogens is 2. The maximum atomic E-state index is 13.0. The molecule has 1 N–H and O–H groups in total. The van der Waals surface area contributed by atoms with E-state index in [0.717, 1.165) is 11.1 Å². The smallest absolute Gasteiger partial charge is 0.279 e. The predicted octanol–water partition coefficient (Wildman–Crippen LogP) is 4.25. The fourth-order valence-corrected chi connectivity index (χ4v) is 4.33. The van der Waals surface area contributed by atoms with Gasteiger partial charge in [0, 0.05) is 25.1 Å². The molecule has 0 unspecified atom stereocenters. The lowest BCUT2D eigenvalue weighted by Gasteiger charge is -2.27. The molecule has 1 amide bonds. The number of amides is 1. The maximum absolute atomic E-state index is 13.0. The molecule has 0 saturated carbocycles. The number of hydrogen-bond donors (Lipinski definition) is 1. The van der Waals surface area contributed by atoms with Crippen molar-refractivity contribution in [2.24, 2.45) is 7.05 Å². The van der Waals surface area contributed by atoms with E-state index in [-0.39, 0.29) is 23.7 Å². The number of anilines is 1. The molecular formula is C24H22FN3O3S. The molecule has 0 saturated heterocycles. The highest BCUT2D eigenvalue weighted by atomic mass is 32.2. The Morgan fingerprint density at radius 3 is 2.62 bits per heavy atom. The van der Waals surface area contributed by atoms with Gasteiger partial charge in [-0.05, 0) is 35.4 Å². The minimum Gasteiger partial charge on any atom is -0.489 e. The second-order valence-corrected chi connectivity index (χ2v) is 8.40. The van der Waals surface area contributed by atoms with Crippen molar-refractivity contribution in [3.8, 4) is 5.75 Å². The molecule has 164 valence electrons. The predicted molar refractivity (Wildman–Crippen MR) is 123 cm³/mol. The first-order valence-electron chi connectivity index (χ1n) is 10.1. The van der Waals surface area contributed by atoms with Gasteiger partial charge in [-0.1, -0.05) is 42.1 Å². The minimum absolute atomic E-state index is 0.153. The van der Waals surface area contributed by atoms with E-state index in [4.69, 9.17) is 4.74 Å². The summed E-state index contributed by atoms with van der Waals surface area (Å²) in [5.74, 6) is 0.891. The molecule has 0 bridgehead atoms. The van der Waals surface area contributed by atoms with Crippen LogP contribution in [0, 0.1) is 5.82 Å². The van der Waals surface area contributed by atoms with Crippen molar-refractivity contribution in [2.45, 2.75) is 24.1 Å². The Balaban J connectivity index is 1.58. The van der Waals surface area contributed by atoms with Crippen LogP contribution in [-0.4, -0.2) is 21.2 Å². The molecule has 4 rings (SSSR count). The molecule has 6 nitrogen and oxygen atoms in total. The number of fused-ring (bicyclic) bond motifs is 1. The largest absolute Gasteiger partial charge is 0.489 e. The van der Waals surface area contributed by atoms with Crippen molar-refractivity contribution in [3.63, 3.8) is 0 Å². The third kappa shape index (κ3) is 4.60. The van der Waals surface area contributed by atoms with E-state index in [1.807, 2.05) is 12.1 Å². The van der Waals surface area contributed by atoms with Crippen molar-refractivity contribution in [1.29, 1.82) is 0 Å². The molecule has 8 heteroatoms. The normalized spacial score (nSPS) is 15.1. The van der Waals surface area contributed by atoms with E-state index in [1.54, 1.807) is 42.0 Å². The van der Waals surface area contributed by atoms with Crippen molar-refractivity contribution in [2.75, 3.05) is 11.1 Å². The van der Waals surface area contributed by atoms with Crippen molar-refractivity contribution in [1.82, 2.24) is 9.55 Å². The Hall–Kier alpha value is -3.39. The van der Waals surface area contributed by atoms with Gasteiger partial charge in [0.25, 0.3) is 5.56 Å². The summed E-state index contributed by atoms with van der Waals surface area (Å²) in [5.41, 5.74) is 1.83. The van der Waals surface area contributed by atoms with Gasteiger partial charge in [0.1, 0.15) is 24.0 Å². The molecule has 32 heavy (non-hydrogen) atoms. The molecule has 1 atom stereocenters. The van der Waals surface area contributed by atoms with Gasteiger partial charge in [-0.2, -0.15) is 4.98 Å². The van der Waals surface area contributed by atoms with Crippen LogP contribution in [0.4, 0.5) is 10.2 Å². The number of nitrogens with zero attached hydrogens (tertiary/aromatic N) is 2. The zero-order valence-corrected chi connectivity index (χ0v) is 18.3. The number of carbonyl (C=O) groups excluding carboxylic acids is 1. The van der Waals surface area contributed by atoms with Crippen LogP contribution in [0.1, 0.15) is 29.0 Å². The number of carbonyl (C=O) groups is 1. The summed E-state index contributed by atoms with van der Waals surface area (Å²) in [4.78, 5) is 29.5. The van der Waals surface area contributed by atoms with E-state index in [0.29, 0.717) is 34.6 Å². The van der Waals surface area contributed by atoms with Gasteiger partial charge in [0.15, 0.2) is 5.16 Å². The fraction of sp³-hybridized carbons (Fsp3) is 0.208. The first-order valence-corrected chi connectivity index (χ1v) is 11.1. The summed E-state index contributed by atoms with van der Waals surface area (Å²) in [6, 6.07) is 13.4. The van der Waals surface area contributed by atoms with Crippen molar-refractivity contribution in [3.05, 3.63) is 94.0 Å². The van der Waals surface area contributed by atoms with Crippen molar-refractivity contribution < 1.29 is 13.9 Å². The lowest BCUT2D eigenvalue weighted by atomic mass is 9.87. The average molecular weight is 452 g/mol. The Labute approximate surface area is 189 Å². The van der Waals surface area contributed by atoms with E-state index in [1.165, 1.54) is 23.9 Å².